The largest absolute Gasteiger partial charge is 0.504 e. The molecule has 1 aliphatic heterocycles. The summed E-state index contributed by atoms with van der Waals surface area (Å²) in [5.41, 5.74) is 1.02. The molecule has 2 aromatic rings. The lowest BCUT2D eigenvalue weighted by Gasteiger charge is -2.28. The van der Waals surface area contributed by atoms with Crippen LogP contribution in [0.15, 0.2) is 24.3 Å². The summed E-state index contributed by atoms with van der Waals surface area (Å²) in [6, 6.07) is 6.48. The van der Waals surface area contributed by atoms with E-state index in [1.165, 1.54) is 34.5 Å². The molecule has 1 heterocycles. The van der Waals surface area contributed by atoms with Gasteiger partial charge in [-0.05, 0) is 23.8 Å². The Labute approximate surface area is 151 Å². The van der Waals surface area contributed by atoms with Crippen LogP contribution < -0.4 is 23.7 Å². The lowest BCUT2D eigenvalue weighted by Crippen LogP contribution is -2.21. The van der Waals surface area contributed by atoms with E-state index in [-0.39, 0.29) is 23.7 Å². The summed E-state index contributed by atoms with van der Waals surface area (Å²) >= 11 is 0. The van der Waals surface area contributed by atoms with Crippen LogP contribution in [0.2, 0.25) is 0 Å². The number of aromatic hydroxyl groups is 1. The van der Waals surface area contributed by atoms with Gasteiger partial charge in [-0.2, -0.15) is 0 Å². The Hall–Kier alpha value is -3.09. The van der Waals surface area contributed by atoms with Crippen molar-refractivity contribution < 1.29 is 33.6 Å². The van der Waals surface area contributed by atoms with Crippen molar-refractivity contribution in [3.63, 3.8) is 0 Å². The molecule has 1 atom stereocenters. The highest BCUT2D eigenvalue weighted by atomic mass is 16.6. The molecule has 0 amide bonds. The van der Waals surface area contributed by atoms with Gasteiger partial charge in [-0.1, -0.05) is 6.07 Å². The number of ketones is 1. The molecule has 0 fully saturated rings. The summed E-state index contributed by atoms with van der Waals surface area (Å²) in [4.78, 5) is 12.7. The standard InChI is InChI=1S/C19H20O7/c1-22-14-6-5-10(7-13(14)21)15-9-12(20)11-8-16(23-2)18(24-3)19(25-4)17(11)26-15/h5-8,15,21H,9H2,1-4H3. The lowest BCUT2D eigenvalue weighted by atomic mass is 9.95. The van der Waals surface area contributed by atoms with Crippen LogP contribution >= 0.6 is 0 Å². The number of rotatable bonds is 5. The molecular weight excluding hydrogens is 340 g/mol. The number of hydrogen-bond acceptors (Lipinski definition) is 7. The van der Waals surface area contributed by atoms with Gasteiger partial charge < -0.3 is 28.8 Å². The minimum Gasteiger partial charge on any atom is -0.504 e. The molecular formula is C19H20O7. The topological polar surface area (TPSA) is 83.5 Å². The first kappa shape index (κ1) is 17.7. The number of ether oxygens (including phenoxy) is 5. The third-order valence-electron chi connectivity index (χ3n) is 4.29. The Bertz CT molecular complexity index is 844. The van der Waals surface area contributed by atoms with Crippen molar-refractivity contribution >= 4 is 5.78 Å². The van der Waals surface area contributed by atoms with Crippen LogP contribution in [-0.2, 0) is 0 Å². The van der Waals surface area contributed by atoms with Gasteiger partial charge >= 0.3 is 0 Å². The SMILES string of the molecule is COc1ccc(C2CC(=O)c3cc(OC)c(OC)c(OC)c3O2)cc1O. The van der Waals surface area contributed by atoms with Gasteiger partial charge in [0.25, 0.3) is 0 Å². The Morgan fingerprint density at radius 1 is 0.962 bits per heavy atom. The van der Waals surface area contributed by atoms with Gasteiger partial charge in [0.1, 0.15) is 6.10 Å². The Balaban J connectivity index is 2.07. The molecule has 1 unspecified atom stereocenters. The fraction of sp³-hybridized carbons (Fsp3) is 0.316. The molecule has 7 nitrogen and oxygen atoms in total. The van der Waals surface area contributed by atoms with E-state index in [0.717, 1.165) is 0 Å². The van der Waals surface area contributed by atoms with Crippen molar-refractivity contribution in [3.8, 4) is 34.5 Å². The highest BCUT2D eigenvalue weighted by molar-refractivity contribution is 6.02. The van der Waals surface area contributed by atoms with Gasteiger partial charge in [0.2, 0.25) is 11.5 Å². The van der Waals surface area contributed by atoms with Gasteiger partial charge in [0, 0.05) is 0 Å². The molecule has 1 aliphatic rings. The second kappa shape index (κ2) is 7.03. The minimum atomic E-state index is -0.571. The van der Waals surface area contributed by atoms with Gasteiger partial charge in [-0.15, -0.1) is 0 Å². The third-order valence-corrected chi connectivity index (χ3v) is 4.29. The zero-order chi connectivity index (χ0) is 18.8. The van der Waals surface area contributed by atoms with Crippen LogP contribution in [0.3, 0.4) is 0 Å². The summed E-state index contributed by atoms with van der Waals surface area (Å²) in [5.74, 6) is 1.52. The molecule has 0 saturated carbocycles. The molecule has 0 spiro atoms. The fourth-order valence-electron chi connectivity index (χ4n) is 3.01. The number of fused-ring (bicyclic) bond motifs is 1. The molecule has 3 rings (SSSR count). The average molecular weight is 360 g/mol. The number of Topliss-reactive ketones (excluding diaryl/α,β-unsaturated/α-hetero) is 1. The van der Waals surface area contributed by atoms with Crippen molar-refractivity contribution in [2.45, 2.75) is 12.5 Å². The summed E-state index contributed by atoms with van der Waals surface area (Å²) in [6.45, 7) is 0. The Kier molecular flexibility index (Phi) is 4.79. The number of phenols is 1. The number of methoxy groups -OCH3 is 4. The van der Waals surface area contributed by atoms with Gasteiger partial charge in [-0.25, -0.2) is 0 Å². The van der Waals surface area contributed by atoms with E-state index in [4.69, 9.17) is 23.7 Å². The predicted octanol–water partition coefficient (Wildman–Crippen LogP) is 3.13. The van der Waals surface area contributed by atoms with Crippen LogP contribution in [0.25, 0.3) is 0 Å². The number of carbonyl (C=O) groups is 1. The monoisotopic (exact) mass is 360 g/mol. The van der Waals surface area contributed by atoms with E-state index in [0.29, 0.717) is 34.1 Å². The van der Waals surface area contributed by atoms with Crippen LogP contribution in [0.5, 0.6) is 34.5 Å². The van der Waals surface area contributed by atoms with E-state index in [2.05, 4.69) is 0 Å². The number of hydrogen-bond donors (Lipinski definition) is 1. The van der Waals surface area contributed by atoms with Crippen LogP contribution in [0.4, 0.5) is 0 Å². The van der Waals surface area contributed by atoms with Crippen molar-refractivity contribution in [2.24, 2.45) is 0 Å². The predicted molar refractivity (Wildman–Crippen MR) is 93.1 cm³/mol. The van der Waals surface area contributed by atoms with Crippen LogP contribution in [-0.4, -0.2) is 39.3 Å². The molecule has 0 bridgehead atoms. The summed E-state index contributed by atoms with van der Waals surface area (Å²) in [5, 5.41) is 10.0. The number of phenolic OH excluding ortho intramolecular Hbond substituents is 1. The van der Waals surface area contributed by atoms with E-state index in [1.807, 2.05) is 0 Å². The number of carbonyl (C=O) groups excluding carboxylic acids is 1. The van der Waals surface area contributed by atoms with Crippen molar-refractivity contribution in [2.75, 3.05) is 28.4 Å². The molecule has 0 aromatic heterocycles. The molecule has 138 valence electrons. The zero-order valence-electron chi connectivity index (χ0n) is 15.0. The molecule has 1 N–H and O–H groups in total. The molecule has 2 aromatic carbocycles. The van der Waals surface area contributed by atoms with Crippen LogP contribution in [0, 0.1) is 0 Å². The summed E-state index contributed by atoms with van der Waals surface area (Å²) in [6.07, 6.45) is -0.448. The first-order valence-electron chi connectivity index (χ1n) is 7.93. The van der Waals surface area contributed by atoms with E-state index in [9.17, 15) is 9.90 Å². The number of benzene rings is 2. The molecule has 0 radical (unpaired) electrons. The Morgan fingerprint density at radius 3 is 2.23 bits per heavy atom. The molecule has 0 aliphatic carbocycles. The second-order valence-electron chi connectivity index (χ2n) is 5.69. The third kappa shape index (κ3) is 2.85. The van der Waals surface area contributed by atoms with Gasteiger partial charge in [0.05, 0.1) is 40.4 Å². The summed E-state index contributed by atoms with van der Waals surface area (Å²) in [7, 11) is 5.90. The highest BCUT2D eigenvalue weighted by Crippen LogP contribution is 2.50. The van der Waals surface area contributed by atoms with E-state index < -0.39 is 6.10 Å². The Morgan fingerprint density at radius 2 is 1.65 bits per heavy atom. The fourth-order valence-corrected chi connectivity index (χ4v) is 3.01. The maximum absolute atomic E-state index is 12.7. The highest BCUT2D eigenvalue weighted by Gasteiger charge is 2.34. The van der Waals surface area contributed by atoms with Crippen molar-refractivity contribution in [3.05, 3.63) is 35.4 Å². The van der Waals surface area contributed by atoms with E-state index in [1.54, 1.807) is 18.2 Å². The smallest absolute Gasteiger partial charge is 0.208 e. The first-order valence-corrected chi connectivity index (χ1v) is 7.93. The average Bonchev–Trinajstić information content (AvgIpc) is 2.66. The van der Waals surface area contributed by atoms with Gasteiger partial charge in [-0.3, -0.25) is 4.79 Å². The molecule has 26 heavy (non-hydrogen) atoms. The van der Waals surface area contributed by atoms with Crippen LogP contribution in [0.1, 0.15) is 28.4 Å². The maximum atomic E-state index is 12.7. The quantitative estimate of drug-likeness (QED) is 0.877. The first-order chi connectivity index (χ1) is 12.5. The minimum absolute atomic E-state index is 0.0221. The zero-order valence-corrected chi connectivity index (χ0v) is 15.0. The molecule has 7 heteroatoms. The normalized spacial score (nSPS) is 15.7. The van der Waals surface area contributed by atoms with Gasteiger partial charge in [0.15, 0.2) is 28.8 Å². The van der Waals surface area contributed by atoms with Crippen molar-refractivity contribution in [1.82, 2.24) is 0 Å². The summed E-state index contributed by atoms with van der Waals surface area (Å²) < 4.78 is 27.2. The lowest BCUT2D eigenvalue weighted by molar-refractivity contribution is 0.0839. The maximum Gasteiger partial charge on any atom is 0.208 e. The van der Waals surface area contributed by atoms with E-state index >= 15 is 0 Å². The molecule has 0 saturated heterocycles. The second-order valence-corrected chi connectivity index (χ2v) is 5.69. The van der Waals surface area contributed by atoms with Crippen molar-refractivity contribution in [1.29, 1.82) is 0 Å².